The number of benzene rings is 3. The zero-order valence-corrected chi connectivity index (χ0v) is 16.2. The second-order valence-corrected chi connectivity index (χ2v) is 7.31. The molecule has 146 valence electrons. The first kappa shape index (κ1) is 17.6. The van der Waals surface area contributed by atoms with E-state index in [2.05, 4.69) is 24.4 Å². The van der Waals surface area contributed by atoms with Gasteiger partial charge in [-0.3, -0.25) is 4.79 Å². The van der Waals surface area contributed by atoms with Crippen LogP contribution in [0.1, 0.15) is 40.1 Å². The zero-order valence-electron chi connectivity index (χ0n) is 16.2. The lowest BCUT2D eigenvalue weighted by Gasteiger charge is -2.27. The van der Waals surface area contributed by atoms with Crippen LogP contribution >= 0.6 is 0 Å². The zero-order chi connectivity index (χ0) is 19.8. The van der Waals surface area contributed by atoms with Gasteiger partial charge in [-0.2, -0.15) is 0 Å². The highest BCUT2D eigenvalue weighted by Crippen LogP contribution is 2.37. The first-order valence-corrected chi connectivity index (χ1v) is 9.87. The van der Waals surface area contributed by atoms with Crippen LogP contribution in [0.2, 0.25) is 0 Å². The number of nitrogens with zero attached hydrogens (tertiary/aromatic N) is 1. The summed E-state index contributed by atoms with van der Waals surface area (Å²) in [4.78, 5) is 15.1. The van der Waals surface area contributed by atoms with Gasteiger partial charge in [0.2, 0.25) is 6.79 Å². The molecule has 1 amide bonds. The van der Waals surface area contributed by atoms with Gasteiger partial charge in [-0.15, -0.1) is 0 Å². The molecular formula is C24H22N2O3. The molecule has 0 bridgehead atoms. The number of anilines is 1. The third-order valence-electron chi connectivity index (χ3n) is 5.49. The van der Waals surface area contributed by atoms with Crippen molar-refractivity contribution in [2.24, 2.45) is 0 Å². The van der Waals surface area contributed by atoms with Crippen molar-refractivity contribution in [2.45, 2.75) is 26.1 Å². The molecular weight excluding hydrogens is 364 g/mol. The summed E-state index contributed by atoms with van der Waals surface area (Å²) in [7, 11) is 0. The van der Waals surface area contributed by atoms with Crippen LogP contribution < -0.4 is 14.8 Å². The molecule has 2 heterocycles. The topological polar surface area (TPSA) is 50.8 Å². The molecule has 0 unspecified atom stereocenters. The van der Waals surface area contributed by atoms with Crippen LogP contribution in [-0.4, -0.2) is 17.6 Å². The summed E-state index contributed by atoms with van der Waals surface area (Å²) in [6, 6.07) is 22.0. The van der Waals surface area contributed by atoms with Gasteiger partial charge >= 0.3 is 0 Å². The number of amides is 1. The molecule has 0 aromatic heterocycles. The van der Waals surface area contributed by atoms with Crippen molar-refractivity contribution < 1.29 is 14.3 Å². The average molecular weight is 386 g/mol. The van der Waals surface area contributed by atoms with Gasteiger partial charge in [-0.1, -0.05) is 43.3 Å². The molecule has 0 saturated carbocycles. The Bertz CT molecular complexity index is 1080. The summed E-state index contributed by atoms with van der Waals surface area (Å²) < 4.78 is 10.9. The van der Waals surface area contributed by atoms with E-state index in [4.69, 9.17) is 9.47 Å². The summed E-state index contributed by atoms with van der Waals surface area (Å²) in [6.45, 7) is 2.86. The summed E-state index contributed by atoms with van der Waals surface area (Å²) in [6.07, 6.45) is 0.743. The van der Waals surface area contributed by atoms with Crippen LogP contribution in [0.3, 0.4) is 0 Å². The van der Waals surface area contributed by atoms with Crippen LogP contribution in [0.5, 0.6) is 11.5 Å². The van der Waals surface area contributed by atoms with E-state index in [0.717, 1.165) is 40.3 Å². The van der Waals surface area contributed by atoms with Crippen LogP contribution in [0, 0.1) is 0 Å². The lowest BCUT2D eigenvalue weighted by atomic mass is 10.1. The van der Waals surface area contributed by atoms with Gasteiger partial charge in [-0.25, -0.2) is 0 Å². The predicted octanol–water partition coefficient (Wildman–Crippen LogP) is 4.74. The molecule has 0 spiro atoms. The maximum absolute atomic E-state index is 13.2. The average Bonchev–Trinajstić information content (AvgIpc) is 3.32. The number of carbonyl (C=O) groups is 1. The number of fused-ring (bicyclic) bond motifs is 2. The molecule has 0 radical (unpaired) electrons. The monoisotopic (exact) mass is 386 g/mol. The molecule has 0 fully saturated rings. The van der Waals surface area contributed by atoms with E-state index >= 15 is 0 Å². The fourth-order valence-electron chi connectivity index (χ4n) is 3.96. The van der Waals surface area contributed by atoms with Crippen molar-refractivity contribution in [3.8, 4) is 11.5 Å². The quantitative estimate of drug-likeness (QED) is 0.688. The van der Waals surface area contributed by atoms with Crippen molar-refractivity contribution in [2.75, 3.05) is 12.1 Å². The van der Waals surface area contributed by atoms with Gasteiger partial charge in [-0.05, 0) is 47.9 Å². The molecule has 2 aliphatic rings. The summed E-state index contributed by atoms with van der Waals surface area (Å²) in [5.41, 5.74) is 5.02. The number of hydrogen-bond acceptors (Lipinski definition) is 4. The molecule has 1 N–H and O–H groups in total. The normalized spacial score (nSPS) is 16.8. The standard InChI is InChI=1S/C24H22N2O3/c1-2-16-6-5-7-18(12-16)25-23-19-8-3-4-9-20(19)24(27)26(23)14-17-10-11-21-22(13-17)29-15-28-21/h3-13,23,25H,2,14-15H2,1H3/t23-/m0/s1. The van der Waals surface area contributed by atoms with Gasteiger partial charge in [0.05, 0.1) is 0 Å². The fourth-order valence-corrected chi connectivity index (χ4v) is 3.96. The highest BCUT2D eigenvalue weighted by Gasteiger charge is 2.36. The van der Waals surface area contributed by atoms with E-state index in [1.165, 1.54) is 5.56 Å². The van der Waals surface area contributed by atoms with Crippen LogP contribution in [-0.2, 0) is 13.0 Å². The number of rotatable bonds is 5. The second kappa shape index (κ2) is 7.17. The van der Waals surface area contributed by atoms with Crippen molar-refractivity contribution in [3.05, 3.63) is 89.0 Å². The Morgan fingerprint density at radius 2 is 1.83 bits per heavy atom. The molecule has 29 heavy (non-hydrogen) atoms. The number of carbonyl (C=O) groups excluding carboxylic acids is 1. The van der Waals surface area contributed by atoms with E-state index in [1.54, 1.807) is 0 Å². The second-order valence-electron chi connectivity index (χ2n) is 7.31. The SMILES string of the molecule is CCc1cccc(N[C@@H]2c3ccccc3C(=O)N2Cc2ccc3c(c2)OCO3)c1. The van der Waals surface area contributed by atoms with Gasteiger partial charge < -0.3 is 19.7 Å². The lowest BCUT2D eigenvalue weighted by Crippen LogP contribution is -2.31. The van der Waals surface area contributed by atoms with Crippen molar-refractivity contribution in [1.82, 2.24) is 4.90 Å². The first-order valence-electron chi connectivity index (χ1n) is 9.87. The first-order chi connectivity index (χ1) is 14.2. The van der Waals surface area contributed by atoms with E-state index in [0.29, 0.717) is 6.54 Å². The predicted molar refractivity (Wildman–Crippen MR) is 111 cm³/mol. The molecule has 3 aromatic rings. The molecule has 5 rings (SSSR count). The minimum Gasteiger partial charge on any atom is -0.454 e. The van der Waals surface area contributed by atoms with Crippen LogP contribution in [0.25, 0.3) is 0 Å². The Hall–Kier alpha value is -3.47. The third kappa shape index (κ3) is 3.18. The molecule has 2 aliphatic heterocycles. The third-order valence-corrected chi connectivity index (χ3v) is 5.49. The Balaban J connectivity index is 1.48. The van der Waals surface area contributed by atoms with Crippen molar-refractivity contribution >= 4 is 11.6 Å². The maximum Gasteiger partial charge on any atom is 0.256 e. The number of ether oxygens (including phenoxy) is 2. The van der Waals surface area contributed by atoms with Gasteiger partial charge in [0, 0.05) is 23.4 Å². The van der Waals surface area contributed by atoms with Crippen LogP contribution in [0.15, 0.2) is 66.7 Å². The molecule has 1 atom stereocenters. The van der Waals surface area contributed by atoms with Crippen molar-refractivity contribution in [1.29, 1.82) is 0 Å². The van der Waals surface area contributed by atoms with E-state index in [-0.39, 0.29) is 18.9 Å². The van der Waals surface area contributed by atoms with Gasteiger partial charge in [0.25, 0.3) is 5.91 Å². The summed E-state index contributed by atoms with van der Waals surface area (Å²) in [5.74, 6) is 1.50. The largest absolute Gasteiger partial charge is 0.454 e. The summed E-state index contributed by atoms with van der Waals surface area (Å²) in [5, 5.41) is 3.57. The maximum atomic E-state index is 13.2. The van der Waals surface area contributed by atoms with E-state index in [9.17, 15) is 4.79 Å². The Morgan fingerprint density at radius 3 is 2.72 bits per heavy atom. The van der Waals surface area contributed by atoms with Crippen LogP contribution in [0.4, 0.5) is 5.69 Å². The minimum atomic E-state index is -0.226. The minimum absolute atomic E-state index is 0.0300. The molecule has 5 nitrogen and oxygen atoms in total. The Labute approximate surface area is 169 Å². The number of aryl methyl sites for hydroxylation is 1. The van der Waals surface area contributed by atoms with Gasteiger partial charge in [0.1, 0.15) is 6.17 Å². The summed E-state index contributed by atoms with van der Waals surface area (Å²) >= 11 is 0. The van der Waals surface area contributed by atoms with Gasteiger partial charge in [0.15, 0.2) is 11.5 Å². The molecule has 3 aromatic carbocycles. The molecule has 0 aliphatic carbocycles. The lowest BCUT2D eigenvalue weighted by molar-refractivity contribution is 0.0728. The Kier molecular flexibility index (Phi) is 4.35. The van der Waals surface area contributed by atoms with Crippen molar-refractivity contribution in [3.63, 3.8) is 0 Å². The molecule has 0 saturated heterocycles. The number of nitrogens with one attached hydrogen (secondary N) is 1. The number of hydrogen-bond donors (Lipinski definition) is 1. The highest BCUT2D eigenvalue weighted by atomic mass is 16.7. The van der Waals surface area contributed by atoms with E-state index < -0.39 is 0 Å². The molecule has 5 heteroatoms. The smallest absolute Gasteiger partial charge is 0.256 e. The fraction of sp³-hybridized carbons (Fsp3) is 0.208. The Morgan fingerprint density at radius 1 is 0.966 bits per heavy atom. The van der Waals surface area contributed by atoms with E-state index in [1.807, 2.05) is 59.5 Å². The highest BCUT2D eigenvalue weighted by molar-refractivity contribution is 5.99.